The highest BCUT2D eigenvalue weighted by Crippen LogP contribution is 2.34. The Hall–Kier alpha value is -3.55. The van der Waals surface area contributed by atoms with E-state index in [1.165, 1.54) is 37.3 Å². The van der Waals surface area contributed by atoms with E-state index in [4.69, 9.17) is 0 Å². The van der Waals surface area contributed by atoms with Gasteiger partial charge in [-0.15, -0.1) is 0 Å². The average molecular weight is 325 g/mol. The Bertz CT molecular complexity index is 934. The molecule has 1 aliphatic rings. The molecule has 120 valence electrons. The molecule has 0 bridgehead atoms. The number of amides is 2. The van der Waals surface area contributed by atoms with Crippen LogP contribution in [0.15, 0.2) is 36.4 Å². The Morgan fingerprint density at radius 2 is 1.75 bits per heavy atom. The minimum atomic E-state index is -1.47. The number of hydrogen-bond acceptors (Lipinski definition) is 6. The first kappa shape index (κ1) is 15.3. The number of aromatic carboxylic acids is 1. The molecule has 8 heteroatoms. The van der Waals surface area contributed by atoms with Crippen molar-refractivity contribution in [2.24, 2.45) is 0 Å². The van der Waals surface area contributed by atoms with E-state index in [1.54, 1.807) is 0 Å². The van der Waals surface area contributed by atoms with Gasteiger partial charge in [0, 0.05) is 6.07 Å². The molecule has 0 N–H and O–H groups in total. The van der Waals surface area contributed by atoms with Gasteiger partial charge in [0.2, 0.25) is 0 Å². The molecule has 0 spiro atoms. The molecule has 3 rings (SSSR count). The third-order valence-electron chi connectivity index (χ3n) is 3.84. The van der Waals surface area contributed by atoms with Crippen molar-refractivity contribution in [1.82, 2.24) is 0 Å². The van der Waals surface area contributed by atoms with Gasteiger partial charge in [0.05, 0.1) is 33.3 Å². The van der Waals surface area contributed by atoms with Crippen molar-refractivity contribution < 1.29 is 24.4 Å². The number of imide groups is 1. The minimum Gasteiger partial charge on any atom is -0.545 e. The predicted molar refractivity (Wildman–Crippen MR) is 79.7 cm³/mol. The number of fused-ring (bicyclic) bond motifs is 1. The summed E-state index contributed by atoms with van der Waals surface area (Å²) in [7, 11) is 0. The van der Waals surface area contributed by atoms with Gasteiger partial charge in [-0.2, -0.15) is 0 Å². The summed E-state index contributed by atoms with van der Waals surface area (Å²) in [6.45, 7) is 1.43. The summed E-state index contributed by atoms with van der Waals surface area (Å²) in [4.78, 5) is 47.2. The monoisotopic (exact) mass is 325 g/mol. The summed E-state index contributed by atoms with van der Waals surface area (Å²) in [5, 5.41) is 22.0. The van der Waals surface area contributed by atoms with Gasteiger partial charge in [-0.1, -0.05) is 12.1 Å². The largest absolute Gasteiger partial charge is 0.545 e. The topological polar surface area (TPSA) is 121 Å². The number of nitro benzene ring substituents is 1. The minimum absolute atomic E-state index is 0.0379. The molecule has 2 aromatic carbocycles. The van der Waals surface area contributed by atoms with Crippen LogP contribution >= 0.6 is 0 Å². The van der Waals surface area contributed by atoms with Crippen LogP contribution in [0.2, 0.25) is 0 Å². The van der Waals surface area contributed by atoms with Crippen molar-refractivity contribution >= 4 is 29.2 Å². The number of carbonyl (C=O) groups is 3. The Balaban J connectivity index is 2.14. The quantitative estimate of drug-likeness (QED) is 0.473. The molecule has 0 atom stereocenters. The zero-order valence-corrected chi connectivity index (χ0v) is 12.3. The van der Waals surface area contributed by atoms with Crippen molar-refractivity contribution in [3.63, 3.8) is 0 Å². The number of nitro groups is 1. The SMILES string of the molecule is Cc1c(N2C(=O)c3ccc(C(=O)[O-])cc3C2=O)cccc1[N+](=O)[O-]. The standard InChI is InChI=1S/C16H10N2O6/c1-8-12(3-2-4-13(8)18(23)24)17-14(19)10-6-5-9(16(21)22)7-11(10)15(17)20/h2-7H,1H3,(H,21,22)/p-1. The zero-order chi connectivity index (χ0) is 17.6. The van der Waals surface area contributed by atoms with Gasteiger partial charge in [-0.3, -0.25) is 19.7 Å². The molecule has 24 heavy (non-hydrogen) atoms. The summed E-state index contributed by atoms with van der Waals surface area (Å²) >= 11 is 0. The van der Waals surface area contributed by atoms with Crippen LogP contribution in [0, 0.1) is 17.0 Å². The van der Waals surface area contributed by atoms with Gasteiger partial charge in [-0.05, 0) is 30.7 Å². The van der Waals surface area contributed by atoms with Gasteiger partial charge in [-0.25, -0.2) is 4.90 Å². The Kier molecular flexibility index (Phi) is 3.37. The lowest BCUT2D eigenvalue weighted by molar-refractivity contribution is -0.385. The molecule has 0 aliphatic carbocycles. The number of nitrogens with zero attached hydrogens (tertiary/aromatic N) is 2. The van der Waals surface area contributed by atoms with Crippen molar-refractivity contribution in [1.29, 1.82) is 0 Å². The van der Waals surface area contributed by atoms with Gasteiger partial charge >= 0.3 is 0 Å². The number of carboxylic acids is 1. The molecule has 0 fully saturated rings. The van der Waals surface area contributed by atoms with Gasteiger partial charge in [0.1, 0.15) is 0 Å². The smallest absolute Gasteiger partial charge is 0.274 e. The van der Waals surface area contributed by atoms with Gasteiger partial charge in [0.15, 0.2) is 0 Å². The highest BCUT2D eigenvalue weighted by molar-refractivity contribution is 6.35. The summed E-state index contributed by atoms with van der Waals surface area (Å²) < 4.78 is 0. The first-order valence-corrected chi connectivity index (χ1v) is 6.81. The normalized spacial score (nSPS) is 13.1. The second kappa shape index (κ2) is 5.27. The van der Waals surface area contributed by atoms with Crippen LogP contribution in [0.25, 0.3) is 0 Å². The first-order chi connectivity index (χ1) is 11.3. The second-order valence-electron chi connectivity index (χ2n) is 5.17. The lowest BCUT2D eigenvalue weighted by Crippen LogP contribution is -2.30. The molecule has 1 aliphatic heterocycles. The first-order valence-electron chi connectivity index (χ1n) is 6.81. The van der Waals surface area contributed by atoms with Gasteiger partial charge < -0.3 is 9.90 Å². The maximum atomic E-state index is 12.5. The molecular weight excluding hydrogens is 316 g/mol. The summed E-state index contributed by atoms with van der Waals surface area (Å²) in [6, 6.07) is 7.53. The Labute approximate surface area is 135 Å². The van der Waals surface area contributed by atoms with Crippen LogP contribution in [0.5, 0.6) is 0 Å². The maximum Gasteiger partial charge on any atom is 0.274 e. The molecular formula is C16H9N2O6-. The van der Waals surface area contributed by atoms with Crippen molar-refractivity contribution in [2.45, 2.75) is 6.92 Å². The van der Waals surface area contributed by atoms with Crippen LogP contribution < -0.4 is 10.0 Å². The molecule has 2 amide bonds. The third kappa shape index (κ3) is 2.12. The van der Waals surface area contributed by atoms with Crippen LogP contribution in [0.3, 0.4) is 0 Å². The number of rotatable bonds is 3. The fourth-order valence-electron chi connectivity index (χ4n) is 2.64. The molecule has 0 unspecified atom stereocenters. The Morgan fingerprint density at radius 1 is 1.08 bits per heavy atom. The summed E-state index contributed by atoms with van der Waals surface area (Å²) in [6.07, 6.45) is 0. The molecule has 1 heterocycles. The van der Waals surface area contributed by atoms with E-state index < -0.39 is 22.7 Å². The highest BCUT2D eigenvalue weighted by atomic mass is 16.6. The van der Waals surface area contributed by atoms with E-state index in [0.717, 1.165) is 11.0 Å². The van der Waals surface area contributed by atoms with Crippen molar-refractivity contribution in [3.8, 4) is 0 Å². The lowest BCUT2D eigenvalue weighted by atomic mass is 10.1. The average Bonchev–Trinajstić information content (AvgIpc) is 2.78. The van der Waals surface area contributed by atoms with Crippen molar-refractivity contribution in [3.05, 3.63) is 68.8 Å². The Morgan fingerprint density at radius 3 is 2.38 bits per heavy atom. The molecule has 0 aromatic heterocycles. The van der Waals surface area contributed by atoms with E-state index in [2.05, 4.69) is 0 Å². The van der Waals surface area contributed by atoms with E-state index in [-0.39, 0.29) is 33.6 Å². The number of hydrogen-bond donors (Lipinski definition) is 0. The third-order valence-corrected chi connectivity index (χ3v) is 3.84. The fraction of sp³-hybridized carbons (Fsp3) is 0.0625. The number of anilines is 1. The summed E-state index contributed by atoms with van der Waals surface area (Å²) in [5.41, 5.74) is -0.238. The maximum absolute atomic E-state index is 12.5. The van der Waals surface area contributed by atoms with Crippen LogP contribution in [0.4, 0.5) is 11.4 Å². The molecule has 8 nitrogen and oxygen atoms in total. The number of benzene rings is 2. The lowest BCUT2D eigenvalue weighted by Gasteiger charge is -2.16. The zero-order valence-electron chi connectivity index (χ0n) is 12.3. The van der Waals surface area contributed by atoms with E-state index in [1.807, 2.05) is 0 Å². The molecule has 0 radical (unpaired) electrons. The predicted octanol–water partition coefficient (Wildman–Crippen LogP) is 1.07. The highest BCUT2D eigenvalue weighted by Gasteiger charge is 2.38. The van der Waals surface area contributed by atoms with Crippen molar-refractivity contribution in [2.75, 3.05) is 4.90 Å². The number of carbonyl (C=O) groups excluding carboxylic acids is 3. The molecule has 0 saturated heterocycles. The fourth-order valence-corrected chi connectivity index (χ4v) is 2.64. The van der Waals surface area contributed by atoms with Crippen LogP contribution in [-0.4, -0.2) is 22.7 Å². The van der Waals surface area contributed by atoms with E-state index >= 15 is 0 Å². The van der Waals surface area contributed by atoms with Crippen LogP contribution in [-0.2, 0) is 0 Å². The van der Waals surface area contributed by atoms with E-state index in [9.17, 15) is 29.6 Å². The molecule has 0 saturated carbocycles. The number of carboxylic acid groups (broad SMARTS) is 1. The van der Waals surface area contributed by atoms with Crippen LogP contribution in [0.1, 0.15) is 36.6 Å². The molecule has 2 aromatic rings. The summed E-state index contributed by atoms with van der Waals surface area (Å²) in [5.74, 6) is -2.87. The van der Waals surface area contributed by atoms with Gasteiger partial charge in [0.25, 0.3) is 17.5 Å². The second-order valence-corrected chi connectivity index (χ2v) is 5.17. The van der Waals surface area contributed by atoms with E-state index in [0.29, 0.717) is 0 Å².